The van der Waals surface area contributed by atoms with Crippen LogP contribution in [0.5, 0.6) is 5.75 Å². The van der Waals surface area contributed by atoms with Gasteiger partial charge in [-0.05, 0) is 49.9 Å². The van der Waals surface area contributed by atoms with E-state index in [2.05, 4.69) is 41.0 Å². The van der Waals surface area contributed by atoms with Crippen molar-refractivity contribution in [2.75, 3.05) is 31.2 Å². The molecule has 0 aromatic heterocycles. The minimum atomic E-state index is -0.186. The van der Waals surface area contributed by atoms with Gasteiger partial charge in [0.05, 0.1) is 25.3 Å². The maximum atomic E-state index is 11.7. The summed E-state index contributed by atoms with van der Waals surface area (Å²) in [6, 6.07) is 14.4. The van der Waals surface area contributed by atoms with Gasteiger partial charge in [-0.1, -0.05) is 42.2 Å². The minimum absolute atomic E-state index is 0.186. The molecule has 0 N–H and O–H groups in total. The number of nitrogens with zero attached hydrogens (tertiary/aromatic N) is 1. The van der Waals surface area contributed by atoms with Crippen LogP contribution in [0.1, 0.15) is 37.0 Å². The SMILES string of the molecule is CCOC(=O)CCc1cccc(C#CCN2CCc3ccccc32)c1OCC. The lowest BCUT2D eigenvalue weighted by molar-refractivity contribution is -0.143. The zero-order chi connectivity index (χ0) is 19.8. The van der Waals surface area contributed by atoms with Gasteiger partial charge in [-0.25, -0.2) is 0 Å². The maximum absolute atomic E-state index is 11.7. The molecule has 0 fully saturated rings. The summed E-state index contributed by atoms with van der Waals surface area (Å²) in [5.41, 5.74) is 4.54. The number of para-hydroxylation sites is 2. The van der Waals surface area contributed by atoms with Crippen molar-refractivity contribution in [3.05, 3.63) is 59.2 Å². The second-order valence-corrected chi connectivity index (χ2v) is 6.63. The van der Waals surface area contributed by atoms with Crippen molar-refractivity contribution < 1.29 is 14.3 Å². The number of aryl methyl sites for hydroxylation is 1. The number of benzene rings is 2. The smallest absolute Gasteiger partial charge is 0.306 e. The highest BCUT2D eigenvalue weighted by atomic mass is 16.5. The molecule has 2 aromatic rings. The van der Waals surface area contributed by atoms with Gasteiger partial charge in [-0.3, -0.25) is 4.79 Å². The zero-order valence-electron chi connectivity index (χ0n) is 16.7. The Morgan fingerprint density at radius 1 is 1.11 bits per heavy atom. The molecule has 0 atom stereocenters. The molecule has 146 valence electrons. The average Bonchev–Trinajstić information content (AvgIpc) is 3.11. The van der Waals surface area contributed by atoms with Crippen LogP contribution in [0.4, 0.5) is 5.69 Å². The van der Waals surface area contributed by atoms with Crippen molar-refractivity contribution in [1.29, 1.82) is 0 Å². The summed E-state index contributed by atoms with van der Waals surface area (Å²) in [4.78, 5) is 14.0. The highest BCUT2D eigenvalue weighted by Gasteiger charge is 2.17. The normalized spacial score (nSPS) is 12.1. The molecule has 0 aliphatic carbocycles. The summed E-state index contributed by atoms with van der Waals surface area (Å²) in [5, 5.41) is 0. The van der Waals surface area contributed by atoms with Gasteiger partial charge >= 0.3 is 5.97 Å². The van der Waals surface area contributed by atoms with Crippen molar-refractivity contribution in [3.63, 3.8) is 0 Å². The molecule has 1 heterocycles. The van der Waals surface area contributed by atoms with Gasteiger partial charge in [0.15, 0.2) is 0 Å². The third kappa shape index (κ3) is 4.86. The topological polar surface area (TPSA) is 38.8 Å². The van der Waals surface area contributed by atoms with Gasteiger partial charge in [0, 0.05) is 18.7 Å². The number of hydrogen-bond acceptors (Lipinski definition) is 4. The van der Waals surface area contributed by atoms with Crippen LogP contribution >= 0.6 is 0 Å². The Bertz CT molecular complexity index is 879. The van der Waals surface area contributed by atoms with Crippen molar-refractivity contribution in [1.82, 2.24) is 0 Å². The Kier molecular flexibility index (Phi) is 6.97. The lowest BCUT2D eigenvalue weighted by Crippen LogP contribution is -2.20. The Labute approximate surface area is 167 Å². The Morgan fingerprint density at radius 2 is 1.96 bits per heavy atom. The van der Waals surface area contributed by atoms with Crippen molar-refractivity contribution >= 4 is 11.7 Å². The van der Waals surface area contributed by atoms with E-state index in [0.29, 0.717) is 32.6 Å². The lowest BCUT2D eigenvalue weighted by Gasteiger charge is -2.15. The third-order valence-electron chi connectivity index (χ3n) is 4.77. The van der Waals surface area contributed by atoms with E-state index in [1.807, 2.05) is 32.0 Å². The fraction of sp³-hybridized carbons (Fsp3) is 0.375. The number of fused-ring (bicyclic) bond motifs is 1. The maximum Gasteiger partial charge on any atom is 0.306 e. The van der Waals surface area contributed by atoms with Crippen LogP contribution in [0.3, 0.4) is 0 Å². The molecule has 0 saturated heterocycles. The van der Waals surface area contributed by atoms with E-state index in [9.17, 15) is 4.79 Å². The van der Waals surface area contributed by atoms with E-state index in [-0.39, 0.29) is 5.97 Å². The number of anilines is 1. The Hall–Kier alpha value is -2.93. The average molecular weight is 377 g/mol. The van der Waals surface area contributed by atoms with Crippen LogP contribution in [0.2, 0.25) is 0 Å². The molecule has 1 aliphatic rings. The summed E-state index contributed by atoms with van der Waals surface area (Å²) in [7, 11) is 0. The van der Waals surface area contributed by atoms with Crippen LogP contribution in [0.15, 0.2) is 42.5 Å². The molecule has 1 aliphatic heterocycles. The first-order valence-electron chi connectivity index (χ1n) is 9.95. The molecule has 3 rings (SSSR count). The molecule has 28 heavy (non-hydrogen) atoms. The van der Waals surface area contributed by atoms with Crippen LogP contribution < -0.4 is 9.64 Å². The predicted octanol–water partition coefficient (Wildman–Crippen LogP) is 4.00. The minimum Gasteiger partial charge on any atom is -0.492 e. The summed E-state index contributed by atoms with van der Waals surface area (Å²) in [6.07, 6.45) is 2.00. The van der Waals surface area contributed by atoms with Crippen LogP contribution in [0.25, 0.3) is 0 Å². The zero-order valence-corrected chi connectivity index (χ0v) is 16.7. The predicted molar refractivity (Wildman–Crippen MR) is 112 cm³/mol. The number of hydrogen-bond donors (Lipinski definition) is 0. The number of rotatable bonds is 7. The van der Waals surface area contributed by atoms with E-state index >= 15 is 0 Å². The van der Waals surface area contributed by atoms with Crippen molar-refractivity contribution in [2.24, 2.45) is 0 Å². The fourth-order valence-electron chi connectivity index (χ4n) is 3.47. The second-order valence-electron chi connectivity index (χ2n) is 6.63. The summed E-state index contributed by atoms with van der Waals surface area (Å²) in [5.74, 6) is 7.17. The molecule has 2 aromatic carbocycles. The number of carbonyl (C=O) groups is 1. The van der Waals surface area contributed by atoms with Gasteiger partial charge in [0.1, 0.15) is 5.75 Å². The highest BCUT2D eigenvalue weighted by molar-refractivity contribution is 5.70. The monoisotopic (exact) mass is 377 g/mol. The first kappa shape index (κ1) is 19.8. The van der Waals surface area contributed by atoms with E-state index in [1.54, 1.807) is 0 Å². The van der Waals surface area contributed by atoms with E-state index in [1.165, 1.54) is 11.3 Å². The molecule has 0 spiro atoms. The second kappa shape index (κ2) is 9.85. The lowest BCUT2D eigenvalue weighted by atomic mass is 10.0. The van der Waals surface area contributed by atoms with Gasteiger partial charge in [-0.2, -0.15) is 0 Å². The number of carbonyl (C=O) groups excluding carboxylic acids is 1. The molecule has 0 bridgehead atoms. The molecular formula is C24H27NO3. The van der Waals surface area contributed by atoms with E-state index < -0.39 is 0 Å². The first-order chi connectivity index (χ1) is 13.7. The van der Waals surface area contributed by atoms with Gasteiger partial charge in [-0.15, -0.1) is 0 Å². The Morgan fingerprint density at radius 3 is 2.79 bits per heavy atom. The van der Waals surface area contributed by atoms with E-state index in [0.717, 1.165) is 29.8 Å². The molecule has 0 unspecified atom stereocenters. The number of ether oxygens (including phenoxy) is 2. The van der Waals surface area contributed by atoms with Gasteiger partial charge in [0.2, 0.25) is 0 Å². The Balaban J connectivity index is 1.72. The van der Waals surface area contributed by atoms with Crippen molar-refractivity contribution in [2.45, 2.75) is 33.1 Å². The van der Waals surface area contributed by atoms with Gasteiger partial charge < -0.3 is 14.4 Å². The largest absolute Gasteiger partial charge is 0.492 e. The van der Waals surface area contributed by atoms with Crippen LogP contribution in [-0.4, -0.2) is 32.3 Å². The van der Waals surface area contributed by atoms with Crippen molar-refractivity contribution in [3.8, 4) is 17.6 Å². The van der Waals surface area contributed by atoms with E-state index in [4.69, 9.17) is 9.47 Å². The molecule has 4 heteroatoms. The summed E-state index contributed by atoms with van der Waals surface area (Å²) < 4.78 is 10.9. The molecule has 4 nitrogen and oxygen atoms in total. The first-order valence-corrected chi connectivity index (χ1v) is 9.95. The quantitative estimate of drug-likeness (QED) is 0.540. The molecule has 0 saturated carbocycles. The molecule has 0 radical (unpaired) electrons. The highest BCUT2D eigenvalue weighted by Crippen LogP contribution is 2.27. The third-order valence-corrected chi connectivity index (χ3v) is 4.77. The van der Waals surface area contributed by atoms with Crippen LogP contribution in [0, 0.1) is 11.8 Å². The summed E-state index contributed by atoms with van der Waals surface area (Å²) in [6.45, 7) is 6.44. The number of esters is 1. The molecular weight excluding hydrogens is 350 g/mol. The van der Waals surface area contributed by atoms with Crippen LogP contribution in [-0.2, 0) is 22.4 Å². The van der Waals surface area contributed by atoms with Gasteiger partial charge in [0.25, 0.3) is 0 Å². The summed E-state index contributed by atoms with van der Waals surface area (Å²) >= 11 is 0. The standard InChI is InChI=1S/C24H27NO3/c1-3-27-23(26)15-14-21-11-7-10-20(24(21)28-4-2)12-8-17-25-18-16-19-9-5-6-13-22(19)25/h5-7,9-11,13H,3-4,14-18H2,1-2H3. The fourth-order valence-corrected chi connectivity index (χ4v) is 3.47. The molecule has 0 amide bonds.